The van der Waals surface area contributed by atoms with E-state index in [4.69, 9.17) is 0 Å². The lowest BCUT2D eigenvalue weighted by Crippen LogP contribution is -2.81. The van der Waals surface area contributed by atoms with Crippen molar-refractivity contribution in [2.75, 3.05) is 0 Å². The minimum Gasteiger partial charge on any atom is -0.0586 e. The molecule has 0 radical (unpaired) electrons. The lowest BCUT2D eigenvalue weighted by atomic mass is 9.17. The van der Waals surface area contributed by atoms with E-state index in [0.717, 1.165) is 22.7 Å². The fraction of sp³-hybridized carbons (Fsp3) is 1.00. The number of hydrogen-bond donors (Lipinski definition) is 0. The van der Waals surface area contributed by atoms with E-state index in [9.17, 15) is 0 Å². The molecule has 0 saturated heterocycles. The van der Waals surface area contributed by atoms with Crippen LogP contribution in [0.1, 0.15) is 39.5 Å². The Morgan fingerprint density at radius 1 is 0.833 bits per heavy atom. The van der Waals surface area contributed by atoms with Gasteiger partial charge in [0.1, 0.15) is 0 Å². The van der Waals surface area contributed by atoms with Crippen molar-refractivity contribution in [3.63, 3.8) is 0 Å². The van der Waals surface area contributed by atoms with Crippen LogP contribution < -0.4 is 0 Å². The summed E-state index contributed by atoms with van der Waals surface area (Å²) in [5, 5.41) is 0. The fourth-order valence-corrected chi connectivity index (χ4v) is 5.86. The van der Waals surface area contributed by atoms with Gasteiger partial charge in [-0.25, -0.2) is 0 Å². The van der Waals surface area contributed by atoms with E-state index in [0.29, 0.717) is 0 Å². The van der Waals surface area contributed by atoms with Gasteiger partial charge in [0.15, 0.2) is 0 Å². The minimum atomic E-state index is 0.832. The smallest absolute Gasteiger partial charge is 0.0207 e. The molecule has 12 heavy (non-hydrogen) atoms. The summed E-state index contributed by atoms with van der Waals surface area (Å²) in [6, 6.07) is 0. The molecule has 0 aromatic heterocycles. The van der Waals surface area contributed by atoms with E-state index in [2.05, 4.69) is 13.8 Å². The van der Waals surface area contributed by atoms with Crippen molar-refractivity contribution < 1.29 is 0 Å². The van der Waals surface area contributed by atoms with Gasteiger partial charge in [-0.15, -0.1) is 0 Å². The van der Waals surface area contributed by atoms with Gasteiger partial charge in [-0.05, 0) is 60.2 Å². The van der Waals surface area contributed by atoms with Gasteiger partial charge >= 0.3 is 0 Å². The lowest BCUT2D eigenvalue weighted by molar-refractivity contribution is -0.394. The summed E-state index contributed by atoms with van der Waals surface area (Å²) in [4.78, 5) is 0. The van der Waals surface area contributed by atoms with Crippen LogP contribution in [0.2, 0.25) is 0 Å². The summed E-state index contributed by atoms with van der Waals surface area (Å²) >= 11 is 0. The normalized spacial score (nSPS) is 76.5. The Labute approximate surface area is 74.7 Å². The van der Waals surface area contributed by atoms with Crippen LogP contribution in [0.4, 0.5) is 0 Å². The zero-order valence-electron chi connectivity index (χ0n) is 8.14. The van der Waals surface area contributed by atoms with Gasteiger partial charge in [0.05, 0.1) is 0 Å². The molecule has 6 unspecified atom stereocenters. The third-order valence-electron chi connectivity index (χ3n) is 6.82. The molecule has 0 spiro atoms. The monoisotopic (exact) mass is 162 g/mol. The van der Waals surface area contributed by atoms with Crippen LogP contribution in [-0.2, 0) is 0 Å². The Morgan fingerprint density at radius 2 is 1.25 bits per heavy atom. The van der Waals surface area contributed by atoms with Crippen LogP contribution in [-0.4, -0.2) is 0 Å². The van der Waals surface area contributed by atoms with Gasteiger partial charge in [0.25, 0.3) is 0 Å². The first kappa shape index (κ1) is 6.45. The highest BCUT2D eigenvalue weighted by molar-refractivity contribution is 5.30. The van der Waals surface area contributed by atoms with Crippen molar-refractivity contribution in [2.45, 2.75) is 39.5 Å². The van der Waals surface area contributed by atoms with E-state index in [-0.39, 0.29) is 0 Å². The molecular weight excluding hydrogens is 144 g/mol. The van der Waals surface area contributed by atoms with Crippen molar-refractivity contribution in [1.82, 2.24) is 0 Å². The second-order valence-corrected chi connectivity index (χ2v) is 6.22. The molecular formula is C12H18. The molecule has 6 atom stereocenters. The number of hydrogen-bond acceptors (Lipinski definition) is 0. The highest BCUT2D eigenvalue weighted by Gasteiger charge is 2.82. The van der Waals surface area contributed by atoms with Crippen LogP contribution in [0, 0.1) is 34.5 Å². The second kappa shape index (κ2) is 1.40. The van der Waals surface area contributed by atoms with Gasteiger partial charge in [-0.1, -0.05) is 13.8 Å². The topological polar surface area (TPSA) is 0 Å². The summed E-state index contributed by atoms with van der Waals surface area (Å²) in [7, 11) is 0. The van der Waals surface area contributed by atoms with Gasteiger partial charge in [0, 0.05) is 0 Å². The van der Waals surface area contributed by atoms with Crippen LogP contribution in [0.3, 0.4) is 0 Å². The molecule has 0 bridgehead atoms. The van der Waals surface area contributed by atoms with Crippen LogP contribution >= 0.6 is 0 Å². The zero-order chi connectivity index (χ0) is 8.14. The van der Waals surface area contributed by atoms with Gasteiger partial charge in [-0.3, -0.25) is 0 Å². The summed E-state index contributed by atoms with van der Waals surface area (Å²) in [6.45, 7) is 5.21. The van der Waals surface area contributed by atoms with E-state index < -0.39 is 0 Å². The standard InChI is InChI=1S/C12H18/c1-11-7-3-4-8-6-10(9(11)5-7)12(8,11)2/h7-10H,3-6H2,1-2H3. The van der Waals surface area contributed by atoms with Crippen molar-refractivity contribution in [3.8, 4) is 0 Å². The maximum Gasteiger partial charge on any atom is -0.0207 e. The molecule has 0 amide bonds. The molecule has 0 aromatic carbocycles. The molecule has 0 heteroatoms. The second-order valence-electron chi connectivity index (χ2n) is 6.22. The number of fused-ring (bicyclic) bond motifs is 1. The molecule has 0 N–H and O–H groups in total. The van der Waals surface area contributed by atoms with Crippen LogP contribution in [0.25, 0.3) is 0 Å². The summed E-state index contributed by atoms with van der Waals surface area (Å²) in [5.41, 5.74) is 1.66. The maximum absolute atomic E-state index is 2.60. The molecule has 0 nitrogen and oxygen atoms in total. The molecule has 4 rings (SSSR count). The zero-order valence-corrected chi connectivity index (χ0v) is 8.14. The lowest BCUT2D eigenvalue weighted by Gasteiger charge is -2.87. The Morgan fingerprint density at radius 3 is 1.67 bits per heavy atom. The largest absolute Gasteiger partial charge is 0.0586 e. The van der Waals surface area contributed by atoms with E-state index >= 15 is 0 Å². The van der Waals surface area contributed by atoms with Crippen molar-refractivity contribution >= 4 is 0 Å². The van der Waals surface area contributed by atoms with Gasteiger partial charge in [0.2, 0.25) is 0 Å². The first-order valence-electron chi connectivity index (χ1n) is 5.69. The highest BCUT2D eigenvalue weighted by Crippen LogP contribution is 2.88. The Bertz CT molecular complexity index is 224. The highest BCUT2D eigenvalue weighted by atomic mass is 14.9. The van der Waals surface area contributed by atoms with E-state index in [1.165, 1.54) is 11.8 Å². The minimum absolute atomic E-state index is 0.832. The molecule has 4 saturated carbocycles. The molecule has 4 fully saturated rings. The Kier molecular flexibility index (Phi) is 0.755. The SMILES string of the molecule is CC12C3CCC4CC(C1C3)C42C. The average molecular weight is 162 g/mol. The fourth-order valence-electron chi connectivity index (χ4n) is 5.86. The van der Waals surface area contributed by atoms with Crippen molar-refractivity contribution in [3.05, 3.63) is 0 Å². The van der Waals surface area contributed by atoms with Crippen LogP contribution in [0.15, 0.2) is 0 Å². The van der Waals surface area contributed by atoms with Crippen LogP contribution in [0.5, 0.6) is 0 Å². The molecule has 4 aliphatic rings. The van der Waals surface area contributed by atoms with Crippen molar-refractivity contribution in [2.24, 2.45) is 34.5 Å². The van der Waals surface area contributed by atoms with Crippen molar-refractivity contribution in [1.29, 1.82) is 0 Å². The van der Waals surface area contributed by atoms with Gasteiger partial charge in [-0.2, -0.15) is 0 Å². The predicted molar refractivity (Wildman–Crippen MR) is 48.6 cm³/mol. The third kappa shape index (κ3) is 0.324. The number of rotatable bonds is 0. The average Bonchev–Trinajstić information content (AvgIpc) is 1.96. The molecule has 4 aliphatic carbocycles. The summed E-state index contributed by atoms with van der Waals surface area (Å²) in [6.07, 6.45) is 6.34. The molecule has 66 valence electrons. The molecule has 0 heterocycles. The first-order valence-corrected chi connectivity index (χ1v) is 5.69. The summed E-state index contributed by atoms with van der Waals surface area (Å²) in [5.74, 6) is 4.62. The molecule has 0 aliphatic heterocycles. The predicted octanol–water partition coefficient (Wildman–Crippen LogP) is 3.08. The summed E-state index contributed by atoms with van der Waals surface area (Å²) < 4.78 is 0. The Balaban J connectivity index is 1.87. The van der Waals surface area contributed by atoms with Gasteiger partial charge < -0.3 is 0 Å². The third-order valence-corrected chi connectivity index (χ3v) is 6.82. The molecule has 0 aromatic rings. The van der Waals surface area contributed by atoms with E-state index in [1.807, 2.05) is 0 Å². The Hall–Kier alpha value is 0. The first-order chi connectivity index (χ1) is 5.69. The quantitative estimate of drug-likeness (QED) is 0.513. The van der Waals surface area contributed by atoms with E-state index in [1.54, 1.807) is 25.7 Å². The maximum atomic E-state index is 2.60.